The number of carbonyl (C=O) groups is 1. The van der Waals surface area contributed by atoms with Crippen molar-refractivity contribution in [2.45, 2.75) is 25.8 Å². The lowest BCUT2D eigenvalue weighted by molar-refractivity contribution is -0.129. The zero-order valence-corrected chi connectivity index (χ0v) is 24.4. The molecule has 2 aromatic carbocycles. The fourth-order valence-corrected chi connectivity index (χ4v) is 5.81. The van der Waals surface area contributed by atoms with Crippen LogP contribution in [0.5, 0.6) is 11.5 Å². The molecule has 2 aliphatic heterocycles. The number of nitrogens with two attached hydrogens (primary N) is 1. The van der Waals surface area contributed by atoms with Gasteiger partial charge in [0.1, 0.15) is 46.0 Å². The topological polar surface area (TPSA) is 122 Å². The number of hydrogen-bond acceptors (Lipinski definition) is 8. The molecule has 220 valence electrons. The minimum atomic E-state index is -0.246. The molecule has 6 rings (SSSR count). The number of anilines is 1. The molecule has 4 aromatic rings. The molecule has 43 heavy (non-hydrogen) atoms. The van der Waals surface area contributed by atoms with Crippen molar-refractivity contribution in [3.05, 3.63) is 84.5 Å². The van der Waals surface area contributed by atoms with Crippen LogP contribution in [0.25, 0.3) is 16.8 Å². The predicted molar refractivity (Wildman–Crippen MR) is 163 cm³/mol. The Balaban J connectivity index is 1.30. The number of rotatable bonds is 6. The van der Waals surface area contributed by atoms with Crippen LogP contribution in [0, 0.1) is 16.7 Å². The first-order valence-corrected chi connectivity index (χ1v) is 14.5. The molecular formula is C33H35N7O3. The average molecular weight is 578 g/mol. The molecule has 0 radical (unpaired) electrons. The number of ether oxygens (including phenoxy) is 2. The van der Waals surface area contributed by atoms with E-state index in [1.165, 1.54) is 0 Å². The smallest absolute Gasteiger partial charge is 0.264 e. The molecule has 4 heterocycles. The van der Waals surface area contributed by atoms with Gasteiger partial charge in [-0.15, -0.1) is 0 Å². The van der Waals surface area contributed by atoms with Crippen LogP contribution in [0.3, 0.4) is 0 Å². The van der Waals surface area contributed by atoms with Crippen LogP contribution in [-0.2, 0) is 9.53 Å². The molecule has 0 bridgehead atoms. The Bertz CT molecular complexity index is 1690. The highest BCUT2D eigenvalue weighted by atomic mass is 16.5. The summed E-state index contributed by atoms with van der Waals surface area (Å²) in [6.07, 6.45) is 6.94. The summed E-state index contributed by atoms with van der Waals surface area (Å²) in [5.41, 5.74) is 8.65. The summed E-state index contributed by atoms with van der Waals surface area (Å²) in [7, 11) is 2.03. The summed E-state index contributed by atoms with van der Waals surface area (Å²) in [6.45, 7) is 4.89. The minimum absolute atomic E-state index is 0.188. The lowest BCUT2D eigenvalue weighted by Gasteiger charge is -2.39. The number of nitrogens with zero attached hydrogens (tertiary/aromatic N) is 6. The van der Waals surface area contributed by atoms with Gasteiger partial charge in [-0.1, -0.05) is 31.2 Å². The second kappa shape index (κ2) is 11.9. The summed E-state index contributed by atoms with van der Waals surface area (Å²) in [5, 5.41) is 9.96. The standard InChI is InChI=1S/C33H35N7O3/c1-33(12-18-42-19-13-33)20-24(21-34)32(41)39-17-16-38(2)27(22-39)31-37-28(29-30(35)36-14-15-40(29)31)23-8-10-26(11-9-23)43-25-6-4-3-5-7-25/h3-11,14-15,20,27H,12-13,16-19,22H2,1-2H3,(H2,35,36)/t27-/m1/s1. The Morgan fingerprint density at radius 3 is 2.56 bits per heavy atom. The third kappa shape index (κ3) is 5.82. The summed E-state index contributed by atoms with van der Waals surface area (Å²) in [5.74, 6) is 2.34. The molecule has 10 heteroatoms. The Kier molecular flexibility index (Phi) is 7.84. The monoisotopic (exact) mass is 577 g/mol. The van der Waals surface area contributed by atoms with Crippen LogP contribution in [0.15, 0.2) is 78.6 Å². The van der Waals surface area contributed by atoms with Crippen molar-refractivity contribution in [2.75, 3.05) is 45.6 Å². The number of carbonyl (C=O) groups excluding carboxylic acids is 1. The molecule has 2 N–H and O–H groups in total. The van der Waals surface area contributed by atoms with E-state index >= 15 is 0 Å². The van der Waals surface area contributed by atoms with Gasteiger partial charge in [-0.05, 0) is 61.7 Å². The summed E-state index contributed by atoms with van der Waals surface area (Å²) in [4.78, 5) is 27.1. The number of para-hydroxylation sites is 1. The molecular weight excluding hydrogens is 542 g/mol. The van der Waals surface area contributed by atoms with Crippen LogP contribution in [0.4, 0.5) is 5.82 Å². The largest absolute Gasteiger partial charge is 0.457 e. The first kappa shape index (κ1) is 28.4. The highest BCUT2D eigenvalue weighted by molar-refractivity contribution is 5.97. The van der Waals surface area contributed by atoms with Crippen molar-refractivity contribution in [1.82, 2.24) is 24.2 Å². The molecule has 10 nitrogen and oxygen atoms in total. The third-order valence-corrected chi connectivity index (χ3v) is 8.43. The first-order valence-electron chi connectivity index (χ1n) is 14.5. The van der Waals surface area contributed by atoms with Crippen molar-refractivity contribution in [2.24, 2.45) is 5.41 Å². The maximum atomic E-state index is 13.7. The number of benzene rings is 2. The third-order valence-electron chi connectivity index (χ3n) is 8.43. The lowest BCUT2D eigenvalue weighted by Crippen LogP contribution is -2.50. The van der Waals surface area contributed by atoms with E-state index in [4.69, 9.17) is 20.2 Å². The number of aromatic nitrogens is 3. The van der Waals surface area contributed by atoms with Gasteiger partial charge in [-0.2, -0.15) is 5.26 Å². The van der Waals surface area contributed by atoms with E-state index < -0.39 is 0 Å². The van der Waals surface area contributed by atoms with Crippen molar-refractivity contribution in [1.29, 1.82) is 5.26 Å². The van der Waals surface area contributed by atoms with Gasteiger partial charge in [0, 0.05) is 50.8 Å². The van der Waals surface area contributed by atoms with E-state index in [1.807, 2.05) is 78.3 Å². The number of fused-ring (bicyclic) bond motifs is 1. The second-order valence-electron chi connectivity index (χ2n) is 11.5. The quantitative estimate of drug-likeness (QED) is 0.255. The maximum absolute atomic E-state index is 13.7. The van der Waals surface area contributed by atoms with Crippen LogP contribution >= 0.6 is 0 Å². The number of allylic oxidation sites excluding steroid dienone is 1. The SMILES string of the molecule is CN1CCN(C(=O)C(C#N)=CC2(C)CCOCC2)C[C@@H]1c1nc(-c2ccc(Oc3ccccc3)cc2)c2c(N)nccn12. The number of likely N-dealkylation sites (N-methyl/N-ethyl adjacent to an activating group) is 1. The number of piperazine rings is 1. The Hall–Kier alpha value is -4.72. The van der Waals surface area contributed by atoms with Gasteiger partial charge < -0.3 is 20.1 Å². The van der Waals surface area contributed by atoms with Crippen molar-refractivity contribution in [3.8, 4) is 28.8 Å². The fourth-order valence-electron chi connectivity index (χ4n) is 5.81. The Labute approximate surface area is 251 Å². The molecule has 1 atom stereocenters. The molecule has 0 aliphatic carbocycles. The molecule has 2 saturated heterocycles. The fraction of sp³-hybridized carbons (Fsp3) is 0.333. The molecule has 2 aliphatic rings. The van der Waals surface area contributed by atoms with Gasteiger partial charge in [-0.25, -0.2) is 9.97 Å². The minimum Gasteiger partial charge on any atom is -0.457 e. The van der Waals surface area contributed by atoms with Gasteiger partial charge in [0.15, 0.2) is 0 Å². The van der Waals surface area contributed by atoms with Crippen molar-refractivity contribution >= 4 is 17.2 Å². The number of amides is 1. The van der Waals surface area contributed by atoms with Crippen molar-refractivity contribution in [3.63, 3.8) is 0 Å². The number of nitrogen functional groups attached to an aromatic ring is 1. The highest BCUT2D eigenvalue weighted by Gasteiger charge is 2.35. The van der Waals surface area contributed by atoms with E-state index in [2.05, 4.69) is 22.9 Å². The van der Waals surface area contributed by atoms with Gasteiger partial charge in [0.25, 0.3) is 5.91 Å². The molecule has 0 unspecified atom stereocenters. The summed E-state index contributed by atoms with van der Waals surface area (Å²) in [6, 6.07) is 19.3. The highest BCUT2D eigenvalue weighted by Crippen LogP contribution is 2.35. The van der Waals surface area contributed by atoms with E-state index in [9.17, 15) is 10.1 Å². The lowest BCUT2D eigenvalue weighted by atomic mass is 9.81. The molecule has 2 fully saturated rings. The van der Waals surface area contributed by atoms with Crippen LogP contribution in [-0.4, -0.2) is 70.0 Å². The molecule has 0 spiro atoms. The number of imidazole rings is 1. The zero-order chi connectivity index (χ0) is 30.0. The van der Waals surface area contributed by atoms with Crippen molar-refractivity contribution < 1.29 is 14.3 Å². The second-order valence-corrected chi connectivity index (χ2v) is 11.5. The zero-order valence-electron chi connectivity index (χ0n) is 24.4. The van der Waals surface area contributed by atoms with Crippen LogP contribution in [0.1, 0.15) is 31.6 Å². The first-order chi connectivity index (χ1) is 20.8. The van der Waals surface area contributed by atoms with Gasteiger partial charge in [0.2, 0.25) is 0 Å². The van der Waals surface area contributed by atoms with E-state index in [0.29, 0.717) is 55.6 Å². The van der Waals surface area contributed by atoms with Gasteiger partial charge in [0.05, 0.1) is 6.04 Å². The predicted octanol–water partition coefficient (Wildman–Crippen LogP) is 4.85. The number of nitriles is 1. The normalized spacial score (nSPS) is 19.2. The van der Waals surface area contributed by atoms with E-state index in [-0.39, 0.29) is 22.9 Å². The Morgan fingerprint density at radius 1 is 1.12 bits per heavy atom. The summed E-state index contributed by atoms with van der Waals surface area (Å²) < 4.78 is 13.4. The van der Waals surface area contributed by atoms with Gasteiger partial charge in [-0.3, -0.25) is 14.1 Å². The average Bonchev–Trinajstić information content (AvgIpc) is 3.42. The van der Waals surface area contributed by atoms with Crippen LogP contribution < -0.4 is 10.5 Å². The molecule has 2 aromatic heterocycles. The Morgan fingerprint density at radius 2 is 1.84 bits per heavy atom. The number of hydrogen-bond donors (Lipinski definition) is 1. The summed E-state index contributed by atoms with van der Waals surface area (Å²) >= 11 is 0. The van der Waals surface area contributed by atoms with Gasteiger partial charge >= 0.3 is 0 Å². The van der Waals surface area contributed by atoms with E-state index in [0.717, 1.165) is 30.0 Å². The van der Waals surface area contributed by atoms with Crippen LogP contribution in [0.2, 0.25) is 0 Å². The van der Waals surface area contributed by atoms with E-state index in [1.54, 1.807) is 11.1 Å². The maximum Gasteiger partial charge on any atom is 0.264 e. The molecule has 0 saturated carbocycles. The molecule has 1 amide bonds.